The number of carbonyl (C=O) groups excluding carboxylic acids is 2. The van der Waals surface area contributed by atoms with E-state index in [4.69, 9.17) is 0 Å². The predicted octanol–water partition coefficient (Wildman–Crippen LogP) is 4.51. The Balaban J connectivity index is 1.58. The third-order valence-corrected chi connectivity index (χ3v) is 5.78. The Morgan fingerprint density at radius 1 is 1.04 bits per heavy atom. The molecule has 2 aromatic rings. The molecule has 1 aliphatic carbocycles. The summed E-state index contributed by atoms with van der Waals surface area (Å²) in [5.74, 6) is 0.0964. The highest BCUT2D eigenvalue weighted by Crippen LogP contribution is 2.49. The van der Waals surface area contributed by atoms with Gasteiger partial charge in [0.1, 0.15) is 5.41 Å². The summed E-state index contributed by atoms with van der Waals surface area (Å²) >= 11 is 0. The van der Waals surface area contributed by atoms with Crippen LogP contribution in [0.25, 0.3) is 0 Å². The maximum absolute atomic E-state index is 13.4. The summed E-state index contributed by atoms with van der Waals surface area (Å²) in [5, 5.41) is 3.05. The van der Waals surface area contributed by atoms with Crippen LogP contribution in [0.3, 0.4) is 0 Å². The fraction of sp³-hybridized carbons (Fsp3) is 0.391. The van der Waals surface area contributed by atoms with Crippen LogP contribution in [0.2, 0.25) is 0 Å². The largest absolute Gasteiger partial charge is 0.325 e. The van der Waals surface area contributed by atoms with Crippen molar-refractivity contribution in [2.75, 3.05) is 16.8 Å². The molecule has 0 atom stereocenters. The van der Waals surface area contributed by atoms with Crippen LogP contribution in [0.5, 0.6) is 0 Å². The number of nitrogens with zero attached hydrogens (tertiary/aromatic N) is 1. The van der Waals surface area contributed by atoms with Crippen LogP contribution in [-0.2, 0) is 16.0 Å². The molecule has 0 spiro atoms. The highest BCUT2D eigenvalue weighted by molar-refractivity contribution is 6.18. The van der Waals surface area contributed by atoms with Gasteiger partial charge >= 0.3 is 0 Å². The molecule has 1 heterocycles. The van der Waals surface area contributed by atoms with E-state index in [-0.39, 0.29) is 11.8 Å². The minimum atomic E-state index is -0.908. The summed E-state index contributed by atoms with van der Waals surface area (Å²) < 4.78 is 0. The zero-order valence-corrected chi connectivity index (χ0v) is 16.0. The van der Waals surface area contributed by atoms with Crippen LogP contribution in [0.1, 0.15) is 50.2 Å². The van der Waals surface area contributed by atoms with Gasteiger partial charge in [0, 0.05) is 17.9 Å². The number of aryl methyl sites for hydroxylation is 1. The molecule has 0 bridgehead atoms. The van der Waals surface area contributed by atoms with E-state index in [2.05, 4.69) is 25.2 Å². The van der Waals surface area contributed by atoms with Gasteiger partial charge in [-0.15, -0.1) is 0 Å². The number of anilines is 2. The third kappa shape index (κ3) is 3.14. The van der Waals surface area contributed by atoms with Gasteiger partial charge in [-0.1, -0.05) is 50.2 Å². The molecule has 2 aromatic carbocycles. The zero-order valence-electron chi connectivity index (χ0n) is 16.0. The van der Waals surface area contributed by atoms with Crippen LogP contribution in [-0.4, -0.2) is 18.4 Å². The van der Waals surface area contributed by atoms with Gasteiger partial charge in [0.05, 0.1) is 0 Å². The molecule has 1 fully saturated rings. The van der Waals surface area contributed by atoms with Crippen molar-refractivity contribution in [3.05, 3.63) is 59.7 Å². The maximum atomic E-state index is 13.4. The summed E-state index contributed by atoms with van der Waals surface area (Å²) in [6.07, 6.45) is 3.18. The summed E-state index contributed by atoms with van der Waals surface area (Å²) in [7, 11) is 0. The van der Waals surface area contributed by atoms with Crippen molar-refractivity contribution >= 4 is 23.2 Å². The summed E-state index contributed by atoms with van der Waals surface area (Å²) in [6, 6.07) is 15.9. The minimum absolute atomic E-state index is 0.0471. The van der Waals surface area contributed by atoms with Crippen LogP contribution in [0.4, 0.5) is 11.4 Å². The number of amides is 2. The molecule has 1 saturated carbocycles. The van der Waals surface area contributed by atoms with E-state index < -0.39 is 5.41 Å². The van der Waals surface area contributed by atoms with E-state index in [1.54, 1.807) is 0 Å². The second-order valence-corrected chi connectivity index (χ2v) is 7.97. The van der Waals surface area contributed by atoms with Gasteiger partial charge in [0.2, 0.25) is 11.8 Å². The third-order valence-electron chi connectivity index (χ3n) is 5.78. The number of carbonyl (C=O) groups is 2. The smallest absolute Gasteiger partial charge is 0.242 e. The molecule has 2 amide bonds. The van der Waals surface area contributed by atoms with Gasteiger partial charge < -0.3 is 10.2 Å². The average molecular weight is 362 g/mol. The molecule has 0 unspecified atom stereocenters. The van der Waals surface area contributed by atoms with Crippen molar-refractivity contribution in [2.45, 2.75) is 45.4 Å². The molecular weight excluding hydrogens is 336 g/mol. The van der Waals surface area contributed by atoms with E-state index in [9.17, 15) is 9.59 Å². The number of benzene rings is 2. The number of para-hydroxylation sites is 2. The summed E-state index contributed by atoms with van der Waals surface area (Å²) in [5.41, 5.74) is 3.16. The second-order valence-electron chi connectivity index (χ2n) is 7.97. The van der Waals surface area contributed by atoms with E-state index in [0.29, 0.717) is 25.3 Å². The topological polar surface area (TPSA) is 49.4 Å². The first-order valence-corrected chi connectivity index (χ1v) is 9.83. The lowest BCUT2D eigenvalue weighted by Gasteiger charge is -2.32. The van der Waals surface area contributed by atoms with Gasteiger partial charge in [-0.05, 0) is 54.9 Å². The van der Waals surface area contributed by atoms with E-state index in [1.165, 1.54) is 5.56 Å². The maximum Gasteiger partial charge on any atom is 0.242 e. The summed E-state index contributed by atoms with van der Waals surface area (Å²) in [6.45, 7) is 4.90. The van der Waals surface area contributed by atoms with Gasteiger partial charge in [-0.2, -0.15) is 0 Å². The molecular formula is C23H26N2O2. The van der Waals surface area contributed by atoms with Crippen molar-refractivity contribution in [1.82, 2.24) is 0 Å². The number of hydrogen-bond donors (Lipinski definition) is 1. The quantitative estimate of drug-likeness (QED) is 0.814. The van der Waals surface area contributed by atoms with Crippen LogP contribution in [0, 0.1) is 5.41 Å². The van der Waals surface area contributed by atoms with Crippen LogP contribution >= 0.6 is 0 Å². The molecule has 4 nitrogen and oxygen atoms in total. The highest BCUT2D eigenvalue weighted by Gasteiger charge is 2.58. The molecule has 1 aliphatic heterocycles. The van der Waals surface area contributed by atoms with Crippen molar-refractivity contribution in [3.8, 4) is 0 Å². The summed E-state index contributed by atoms with van der Waals surface area (Å²) in [4.78, 5) is 28.3. The monoisotopic (exact) mass is 362 g/mol. The Labute approximate surface area is 160 Å². The number of hydrogen-bond acceptors (Lipinski definition) is 2. The van der Waals surface area contributed by atoms with Crippen LogP contribution in [0.15, 0.2) is 48.5 Å². The molecule has 4 rings (SSSR count). The Bertz CT molecular complexity index is 883. The lowest BCUT2D eigenvalue weighted by Crippen LogP contribution is -2.45. The first-order chi connectivity index (χ1) is 13.0. The molecule has 0 saturated heterocycles. The molecule has 4 heteroatoms. The molecule has 1 N–H and O–H groups in total. The number of nitrogens with one attached hydrogen (secondary N) is 1. The molecule has 27 heavy (non-hydrogen) atoms. The number of fused-ring (bicyclic) bond motifs is 1. The Kier molecular flexibility index (Phi) is 4.50. The Morgan fingerprint density at radius 2 is 1.74 bits per heavy atom. The standard InChI is InChI=1S/C23H26N2O2/c1-16(2)18-10-4-5-11-19(18)24-21(26)23(13-14-23)22(27)25-15-7-9-17-8-3-6-12-20(17)25/h3-6,8,10-12,16H,7,9,13-15H2,1-2H3,(H,24,26). The lowest BCUT2D eigenvalue weighted by atomic mass is 9.96. The molecule has 140 valence electrons. The van der Waals surface area contributed by atoms with Crippen molar-refractivity contribution in [1.29, 1.82) is 0 Å². The molecule has 0 aromatic heterocycles. The van der Waals surface area contributed by atoms with Crippen LogP contribution < -0.4 is 10.2 Å². The predicted molar refractivity (Wildman–Crippen MR) is 108 cm³/mol. The lowest BCUT2D eigenvalue weighted by molar-refractivity contribution is -0.132. The van der Waals surface area contributed by atoms with E-state index >= 15 is 0 Å². The number of rotatable bonds is 4. The Hall–Kier alpha value is -2.62. The minimum Gasteiger partial charge on any atom is -0.325 e. The van der Waals surface area contributed by atoms with Gasteiger partial charge in [0.25, 0.3) is 0 Å². The Morgan fingerprint density at radius 3 is 2.48 bits per heavy atom. The fourth-order valence-corrected chi connectivity index (χ4v) is 4.02. The van der Waals surface area contributed by atoms with Gasteiger partial charge in [-0.25, -0.2) is 0 Å². The van der Waals surface area contributed by atoms with Crippen molar-refractivity contribution < 1.29 is 9.59 Å². The van der Waals surface area contributed by atoms with Gasteiger partial charge in [0.15, 0.2) is 0 Å². The second kappa shape index (κ2) is 6.84. The fourth-order valence-electron chi connectivity index (χ4n) is 4.02. The first-order valence-electron chi connectivity index (χ1n) is 9.83. The van der Waals surface area contributed by atoms with Crippen molar-refractivity contribution in [3.63, 3.8) is 0 Å². The SMILES string of the molecule is CC(C)c1ccccc1NC(=O)C1(C(=O)N2CCCc3ccccc32)CC1. The zero-order chi connectivity index (χ0) is 19.0. The average Bonchev–Trinajstić information content (AvgIpc) is 3.49. The first kappa shape index (κ1) is 17.8. The highest BCUT2D eigenvalue weighted by atomic mass is 16.2. The molecule has 0 radical (unpaired) electrons. The van der Waals surface area contributed by atoms with Crippen molar-refractivity contribution in [2.24, 2.45) is 5.41 Å². The normalized spacial score (nSPS) is 17.4. The van der Waals surface area contributed by atoms with Gasteiger partial charge in [-0.3, -0.25) is 9.59 Å². The van der Waals surface area contributed by atoms with E-state index in [1.807, 2.05) is 47.4 Å². The molecule has 2 aliphatic rings. The van der Waals surface area contributed by atoms with E-state index in [0.717, 1.165) is 29.8 Å².